The van der Waals surface area contributed by atoms with E-state index in [4.69, 9.17) is 5.73 Å². The minimum absolute atomic E-state index is 0.00299. The van der Waals surface area contributed by atoms with Gasteiger partial charge in [-0.05, 0) is 50.4 Å². The summed E-state index contributed by atoms with van der Waals surface area (Å²) >= 11 is 0. The number of amides is 1. The summed E-state index contributed by atoms with van der Waals surface area (Å²) < 4.78 is 28.8. The average molecular weight is 298 g/mol. The van der Waals surface area contributed by atoms with Crippen molar-refractivity contribution in [3.63, 3.8) is 0 Å². The molecule has 1 aromatic rings. The molecule has 0 unspecified atom stereocenters. The molecule has 1 aromatic carbocycles. The number of ether oxygens (including phenoxy) is 1. The van der Waals surface area contributed by atoms with Crippen LogP contribution in [0, 0.1) is 0 Å². The Bertz CT molecular complexity index is 478. The van der Waals surface area contributed by atoms with Gasteiger partial charge in [0.2, 0.25) is 0 Å². The lowest BCUT2D eigenvalue weighted by Gasteiger charge is -2.37. The van der Waals surface area contributed by atoms with Gasteiger partial charge in [-0.1, -0.05) is 6.07 Å². The van der Waals surface area contributed by atoms with E-state index in [1.807, 2.05) is 0 Å². The molecule has 2 N–H and O–H groups in total. The number of alkyl halides is 2. The molecule has 6 heteroatoms. The topological polar surface area (TPSA) is 55.6 Å². The van der Waals surface area contributed by atoms with E-state index in [0.29, 0.717) is 18.7 Å². The van der Waals surface area contributed by atoms with E-state index in [1.54, 1.807) is 17.0 Å². The fraction of sp³-hybridized carbons (Fsp3) is 0.533. The molecule has 1 aliphatic rings. The smallest absolute Gasteiger partial charge is 0.387 e. The van der Waals surface area contributed by atoms with Crippen molar-refractivity contribution in [2.24, 2.45) is 5.73 Å². The maximum Gasteiger partial charge on any atom is 0.387 e. The Hall–Kier alpha value is -1.69. The van der Waals surface area contributed by atoms with Gasteiger partial charge in [0.05, 0.1) is 0 Å². The highest BCUT2D eigenvalue weighted by Gasteiger charge is 2.29. The van der Waals surface area contributed by atoms with Crippen molar-refractivity contribution in [3.8, 4) is 5.75 Å². The van der Waals surface area contributed by atoms with Gasteiger partial charge in [-0.3, -0.25) is 4.79 Å². The monoisotopic (exact) mass is 298 g/mol. The highest BCUT2D eigenvalue weighted by molar-refractivity contribution is 5.94. The largest absolute Gasteiger partial charge is 0.435 e. The number of hydrogen-bond donors (Lipinski definition) is 1. The quantitative estimate of drug-likeness (QED) is 0.842. The molecule has 21 heavy (non-hydrogen) atoms. The molecule has 0 radical (unpaired) electrons. The van der Waals surface area contributed by atoms with E-state index < -0.39 is 6.61 Å². The molecule has 4 nitrogen and oxygen atoms in total. The van der Waals surface area contributed by atoms with Crippen LogP contribution in [0.4, 0.5) is 8.78 Å². The lowest BCUT2D eigenvalue weighted by Crippen LogP contribution is -2.45. The van der Waals surface area contributed by atoms with Gasteiger partial charge < -0.3 is 15.4 Å². The van der Waals surface area contributed by atoms with E-state index in [0.717, 1.165) is 25.7 Å². The molecule has 116 valence electrons. The number of carbonyl (C=O) groups excluding carboxylic acids is 1. The second kappa shape index (κ2) is 7.36. The van der Waals surface area contributed by atoms with Gasteiger partial charge in [-0.15, -0.1) is 0 Å². The van der Waals surface area contributed by atoms with Gasteiger partial charge >= 0.3 is 6.61 Å². The Morgan fingerprint density at radius 3 is 2.76 bits per heavy atom. The van der Waals surface area contributed by atoms with Gasteiger partial charge in [0.25, 0.3) is 5.91 Å². The molecule has 0 aliphatic heterocycles. The third-order valence-corrected chi connectivity index (χ3v) is 3.69. The van der Waals surface area contributed by atoms with Crippen LogP contribution in [0.5, 0.6) is 5.75 Å². The fourth-order valence-electron chi connectivity index (χ4n) is 2.38. The predicted molar refractivity (Wildman–Crippen MR) is 75.4 cm³/mol. The van der Waals surface area contributed by atoms with E-state index in [9.17, 15) is 13.6 Å². The zero-order valence-corrected chi connectivity index (χ0v) is 11.8. The Kier molecular flexibility index (Phi) is 5.50. The number of nitrogens with two attached hydrogens (primary N) is 1. The van der Waals surface area contributed by atoms with Crippen molar-refractivity contribution in [2.75, 3.05) is 13.1 Å². The van der Waals surface area contributed by atoms with Crippen LogP contribution in [-0.4, -0.2) is 36.5 Å². The molecule has 2 rings (SSSR count). The van der Waals surface area contributed by atoms with Gasteiger partial charge in [-0.25, -0.2) is 0 Å². The zero-order valence-electron chi connectivity index (χ0n) is 11.8. The normalized spacial score (nSPS) is 14.9. The zero-order chi connectivity index (χ0) is 15.2. The molecule has 0 heterocycles. The van der Waals surface area contributed by atoms with Crippen LogP contribution < -0.4 is 10.5 Å². The Morgan fingerprint density at radius 2 is 2.19 bits per heavy atom. The molecule has 1 aliphatic carbocycles. The average Bonchev–Trinajstić information content (AvgIpc) is 2.40. The van der Waals surface area contributed by atoms with E-state index in [-0.39, 0.29) is 17.7 Å². The van der Waals surface area contributed by atoms with Crippen molar-refractivity contribution < 1.29 is 18.3 Å². The van der Waals surface area contributed by atoms with Gasteiger partial charge in [0, 0.05) is 18.2 Å². The number of benzene rings is 1. The molecule has 1 saturated carbocycles. The summed E-state index contributed by atoms with van der Waals surface area (Å²) in [5.41, 5.74) is 5.89. The lowest BCUT2D eigenvalue weighted by atomic mass is 9.90. The second-order valence-electron chi connectivity index (χ2n) is 5.13. The Balaban J connectivity index is 2.11. The molecular formula is C15H20F2N2O2. The van der Waals surface area contributed by atoms with Gasteiger partial charge in [0.1, 0.15) is 5.75 Å². The number of rotatable bonds is 7. The Labute approximate surface area is 122 Å². The summed E-state index contributed by atoms with van der Waals surface area (Å²) in [6.07, 6.45) is 3.83. The van der Waals surface area contributed by atoms with Gasteiger partial charge in [-0.2, -0.15) is 8.78 Å². The van der Waals surface area contributed by atoms with Crippen LogP contribution in [0.1, 0.15) is 36.0 Å². The first kappa shape index (κ1) is 15.7. The molecule has 0 bridgehead atoms. The first-order valence-corrected chi connectivity index (χ1v) is 7.17. The van der Waals surface area contributed by atoms with E-state index >= 15 is 0 Å². The SMILES string of the molecule is NCCCN(C(=O)c1cccc(OC(F)F)c1)C1CCC1. The minimum Gasteiger partial charge on any atom is -0.435 e. The van der Waals surface area contributed by atoms with Crippen LogP contribution in [0.2, 0.25) is 0 Å². The summed E-state index contributed by atoms with van der Waals surface area (Å²) in [6, 6.07) is 6.18. The van der Waals surface area contributed by atoms with Crippen LogP contribution in [-0.2, 0) is 0 Å². The molecule has 1 fully saturated rings. The summed E-state index contributed by atoms with van der Waals surface area (Å²) in [5, 5.41) is 0. The Morgan fingerprint density at radius 1 is 1.43 bits per heavy atom. The number of nitrogens with zero attached hydrogens (tertiary/aromatic N) is 1. The molecule has 0 aromatic heterocycles. The van der Waals surface area contributed by atoms with E-state index in [2.05, 4.69) is 4.74 Å². The van der Waals surface area contributed by atoms with Crippen LogP contribution in [0.15, 0.2) is 24.3 Å². The lowest BCUT2D eigenvalue weighted by molar-refractivity contribution is -0.0499. The maximum atomic E-state index is 12.6. The van der Waals surface area contributed by atoms with Crippen molar-refractivity contribution in [3.05, 3.63) is 29.8 Å². The molecule has 1 amide bonds. The first-order valence-electron chi connectivity index (χ1n) is 7.17. The molecular weight excluding hydrogens is 278 g/mol. The molecule has 0 spiro atoms. The standard InChI is InChI=1S/C15H20F2N2O2/c16-15(17)21-13-7-1-4-11(10-13)14(20)19(9-3-8-18)12-5-2-6-12/h1,4,7,10,12,15H,2-3,5-6,8-9,18H2. The third-order valence-electron chi connectivity index (χ3n) is 3.69. The first-order chi connectivity index (χ1) is 10.1. The molecule has 0 atom stereocenters. The summed E-state index contributed by atoms with van der Waals surface area (Å²) in [4.78, 5) is 14.4. The highest BCUT2D eigenvalue weighted by Crippen LogP contribution is 2.27. The predicted octanol–water partition coefficient (Wildman–Crippen LogP) is 2.63. The minimum atomic E-state index is -2.89. The van der Waals surface area contributed by atoms with Crippen molar-refractivity contribution in [1.82, 2.24) is 4.90 Å². The summed E-state index contributed by atoms with van der Waals surface area (Å²) in [5.74, 6) is -0.142. The van der Waals surface area contributed by atoms with Crippen LogP contribution >= 0.6 is 0 Å². The second-order valence-corrected chi connectivity index (χ2v) is 5.13. The van der Waals surface area contributed by atoms with Crippen LogP contribution in [0.3, 0.4) is 0 Å². The highest BCUT2D eigenvalue weighted by atomic mass is 19.3. The van der Waals surface area contributed by atoms with Crippen molar-refractivity contribution >= 4 is 5.91 Å². The fourth-order valence-corrected chi connectivity index (χ4v) is 2.38. The third kappa shape index (κ3) is 4.14. The van der Waals surface area contributed by atoms with Crippen molar-refractivity contribution in [1.29, 1.82) is 0 Å². The van der Waals surface area contributed by atoms with Crippen LogP contribution in [0.25, 0.3) is 0 Å². The molecule has 0 saturated heterocycles. The summed E-state index contributed by atoms with van der Waals surface area (Å²) in [7, 11) is 0. The number of carbonyl (C=O) groups is 1. The summed E-state index contributed by atoms with van der Waals surface area (Å²) in [6.45, 7) is -1.78. The van der Waals surface area contributed by atoms with E-state index in [1.165, 1.54) is 12.1 Å². The number of hydrogen-bond acceptors (Lipinski definition) is 3. The van der Waals surface area contributed by atoms with Gasteiger partial charge in [0.15, 0.2) is 0 Å². The number of halogens is 2. The van der Waals surface area contributed by atoms with Crippen molar-refractivity contribution in [2.45, 2.75) is 38.3 Å². The maximum absolute atomic E-state index is 12.6.